The summed E-state index contributed by atoms with van der Waals surface area (Å²) in [6.45, 7) is 0. The first kappa shape index (κ1) is 21.4. The Hall–Kier alpha value is -4.89. The van der Waals surface area contributed by atoms with Crippen LogP contribution in [0, 0.1) is 5.82 Å². The van der Waals surface area contributed by atoms with Crippen molar-refractivity contribution in [3.63, 3.8) is 0 Å². The smallest absolute Gasteiger partial charge is 0.123 e. The van der Waals surface area contributed by atoms with Crippen LogP contribution in [0.3, 0.4) is 0 Å². The molecule has 5 aromatic carbocycles. The molecule has 0 bridgehead atoms. The summed E-state index contributed by atoms with van der Waals surface area (Å²) in [5, 5.41) is 5.69. The number of aromatic nitrogens is 2. The normalized spacial score (nSPS) is 11.4. The lowest BCUT2D eigenvalue weighted by atomic mass is 9.91. The van der Waals surface area contributed by atoms with Crippen LogP contribution < -0.4 is 0 Å². The molecule has 37 heavy (non-hydrogen) atoms. The fourth-order valence-electron chi connectivity index (χ4n) is 5.26. The average molecular weight is 477 g/mol. The number of rotatable bonds is 3. The van der Waals surface area contributed by atoms with E-state index < -0.39 is 0 Å². The van der Waals surface area contributed by atoms with Crippen LogP contribution in [0.5, 0.6) is 0 Å². The largest absolute Gasteiger partial charge is 0.264 e. The van der Waals surface area contributed by atoms with Crippen molar-refractivity contribution in [3.05, 3.63) is 133 Å². The maximum atomic E-state index is 13.7. The van der Waals surface area contributed by atoms with Gasteiger partial charge < -0.3 is 0 Å². The van der Waals surface area contributed by atoms with Gasteiger partial charge in [0.2, 0.25) is 0 Å². The number of fused-ring (bicyclic) bond motifs is 5. The number of nitrogens with zero attached hydrogens (tertiary/aromatic N) is 2. The first-order valence-electron chi connectivity index (χ1n) is 12.3. The monoisotopic (exact) mass is 476 g/mol. The Balaban J connectivity index is 1.47. The zero-order valence-corrected chi connectivity index (χ0v) is 19.9. The molecule has 0 amide bonds. The summed E-state index contributed by atoms with van der Waals surface area (Å²) in [7, 11) is 0. The maximum Gasteiger partial charge on any atom is 0.123 e. The summed E-state index contributed by atoms with van der Waals surface area (Å²) in [6.07, 6.45) is 3.68. The van der Waals surface area contributed by atoms with Crippen LogP contribution in [0.25, 0.3) is 66.0 Å². The molecule has 174 valence electrons. The topological polar surface area (TPSA) is 25.8 Å². The minimum absolute atomic E-state index is 0.251. The molecule has 2 aromatic heterocycles. The quantitative estimate of drug-likeness (QED) is 0.238. The molecule has 0 atom stereocenters. The van der Waals surface area contributed by atoms with Gasteiger partial charge in [0, 0.05) is 34.1 Å². The molecule has 0 unspecified atom stereocenters. The molecule has 0 aliphatic heterocycles. The zero-order valence-electron chi connectivity index (χ0n) is 19.9. The zero-order chi connectivity index (χ0) is 24.8. The van der Waals surface area contributed by atoms with E-state index in [4.69, 9.17) is 4.98 Å². The predicted octanol–water partition coefficient (Wildman–Crippen LogP) is 9.08. The second-order valence-corrected chi connectivity index (χ2v) is 9.19. The van der Waals surface area contributed by atoms with Crippen molar-refractivity contribution < 1.29 is 4.39 Å². The van der Waals surface area contributed by atoms with E-state index in [2.05, 4.69) is 77.8 Å². The molecule has 0 fully saturated rings. The Morgan fingerprint density at radius 3 is 2.03 bits per heavy atom. The molecule has 0 aliphatic rings. The summed E-state index contributed by atoms with van der Waals surface area (Å²) in [4.78, 5) is 9.25. The van der Waals surface area contributed by atoms with Gasteiger partial charge in [0.25, 0.3) is 0 Å². The van der Waals surface area contributed by atoms with Crippen LogP contribution in [0.4, 0.5) is 4.39 Å². The Kier molecular flexibility index (Phi) is 5.00. The Morgan fingerprint density at radius 1 is 0.486 bits per heavy atom. The van der Waals surface area contributed by atoms with Crippen molar-refractivity contribution >= 4 is 32.4 Å². The SMILES string of the molecule is Fc1ccc(-c2nc3ccccc3c3c2ccc2c(-c4ccc(-c5cccnc5)cc4)cccc23)cc1. The third-order valence-corrected chi connectivity index (χ3v) is 7.03. The third-order valence-electron chi connectivity index (χ3n) is 7.03. The molecule has 2 heterocycles. The molecule has 0 spiro atoms. The number of hydrogen-bond donors (Lipinski definition) is 0. The van der Waals surface area contributed by atoms with E-state index in [1.165, 1.54) is 28.5 Å². The Bertz CT molecular complexity index is 1910. The van der Waals surface area contributed by atoms with Crippen LogP contribution in [0.2, 0.25) is 0 Å². The molecular weight excluding hydrogens is 455 g/mol. The van der Waals surface area contributed by atoms with E-state index in [-0.39, 0.29) is 5.82 Å². The highest BCUT2D eigenvalue weighted by atomic mass is 19.1. The van der Waals surface area contributed by atoms with E-state index in [1.54, 1.807) is 18.3 Å². The standard InChI is InChI=1S/C34H21FN2/c35-26-16-14-24(15-17-26)34-31-19-18-28-27(23-12-10-22(11-13-23)25-5-4-20-36-21-25)7-3-8-29(28)33(31)30-6-1-2-9-32(30)37-34/h1-21H. The van der Waals surface area contributed by atoms with Crippen LogP contribution in [-0.4, -0.2) is 9.97 Å². The molecule has 0 N–H and O–H groups in total. The number of hydrogen-bond acceptors (Lipinski definition) is 2. The van der Waals surface area contributed by atoms with Crippen molar-refractivity contribution in [2.45, 2.75) is 0 Å². The summed E-state index contributed by atoms with van der Waals surface area (Å²) in [5.41, 5.74) is 7.28. The third kappa shape index (κ3) is 3.64. The first-order valence-corrected chi connectivity index (χ1v) is 12.3. The molecule has 7 rings (SSSR count). The molecule has 0 saturated heterocycles. The summed E-state index contributed by atoms with van der Waals surface area (Å²) in [6, 6.07) is 38.3. The highest BCUT2D eigenvalue weighted by Gasteiger charge is 2.15. The van der Waals surface area contributed by atoms with Crippen LogP contribution >= 0.6 is 0 Å². The molecule has 0 saturated carbocycles. The number of benzene rings is 5. The van der Waals surface area contributed by atoms with Crippen LogP contribution in [0.1, 0.15) is 0 Å². The van der Waals surface area contributed by atoms with Gasteiger partial charge in [-0.05, 0) is 69.4 Å². The lowest BCUT2D eigenvalue weighted by Crippen LogP contribution is -1.92. The van der Waals surface area contributed by atoms with E-state index >= 15 is 0 Å². The van der Waals surface area contributed by atoms with Gasteiger partial charge in [0.05, 0.1) is 11.2 Å². The van der Waals surface area contributed by atoms with Crippen LogP contribution in [-0.2, 0) is 0 Å². The summed E-state index contributed by atoms with van der Waals surface area (Å²) in [5.74, 6) is -0.251. The summed E-state index contributed by atoms with van der Waals surface area (Å²) < 4.78 is 13.7. The second kappa shape index (κ2) is 8.65. The van der Waals surface area contributed by atoms with E-state index in [1.807, 2.05) is 24.4 Å². The number of halogens is 1. The number of pyridine rings is 2. The molecular formula is C34H21FN2. The van der Waals surface area contributed by atoms with Gasteiger partial charge in [-0.25, -0.2) is 9.37 Å². The molecule has 7 aromatic rings. The minimum Gasteiger partial charge on any atom is -0.264 e. The average Bonchev–Trinajstić information content (AvgIpc) is 2.97. The highest BCUT2D eigenvalue weighted by Crippen LogP contribution is 2.40. The fraction of sp³-hybridized carbons (Fsp3) is 0. The van der Waals surface area contributed by atoms with Crippen LogP contribution in [0.15, 0.2) is 128 Å². The lowest BCUT2D eigenvalue weighted by Gasteiger charge is -2.15. The second-order valence-electron chi connectivity index (χ2n) is 9.19. The molecule has 0 radical (unpaired) electrons. The van der Waals surface area contributed by atoms with E-state index in [0.29, 0.717) is 0 Å². The predicted molar refractivity (Wildman–Crippen MR) is 151 cm³/mol. The number of para-hydroxylation sites is 1. The van der Waals surface area contributed by atoms with Gasteiger partial charge in [0.15, 0.2) is 0 Å². The van der Waals surface area contributed by atoms with Gasteiger partial charge in [-0.1, -0.05) is 78.9 Å². The maximum absolute atomic E-state index is 13.7. The van der Waals surface area contributed by atoms with Gasteiger partial charge in [-0.2, -0.15) is 0 Å². The fourth-order valence-corrected chi connectivity index (χ4v) is 5.26. The van der Waals surface area contributed by atoms with Gasteiger partial charge in [-0.3, -0.25) is 4.98 Å². The van der Waals surface area contributed by atoms with E-state index in [0.717, 1.165) is 49.6 Å². The first-order chi connectivity index (χ1) is 18.3. The van der Waals surface area contributed by atoms with Crippen molar-refractivity contribution in [1.29, 1.82) is 0 Å². The van der Waals surface area contributed by atoms with Gasteiger partial charge in [0.1, 0.15) is 5.82 Å². The Morgan fingerprint density at radius 2 is 1.22 bits per heavy atom. The van der Waals surface area contributed by atoms with Crippen molar-refractivity contribution in [1.82, 2.24) is 9.97 Å². The van der Waals surface area contributed by atoms with Gasteiger partial charge >= 0.3 is 0 Å². The highest BCUT2D eigenvalue weighted by molar-refractivity contribution is 6.24. The van der Waals surface area contributed by atoms with E-state index in [9.17, 15) is 4.39 Å². The van der Waals surface area contributed by atoms with Crippen molar-refractivity contribution in [2.24, 2.45) is 0 Å². The minimum atomic E-state index is -0.251. The van der Waals surface area contributed by atoms with Crippen molar-refractivity contribution in [2.75, 3.05) is 0 Å². The summed E-state index contributed by atoms with van der Waals surface area (Å²) >= 11 is 0. The Labute approximate surface area is 213 Å². The molecule has 0 aliphatic carbocycles. The van der Waals surface area contributed by atoms with Gasteiger partial charge in [-0.15, -0.1) is 0 Å². The molecule has 2 nitrogen and oxygen atoms in total. The lowest BCUT2D eigenvalue weighted by molar-refractivity contribution is 0.628. The van der Waals surface area contributed by atoms with Crippen molar-refractivity contribution in [3.8, 4) is 33.5 Å². The molecule has 3 heteroatoms.